The standard InChI is InChI=1S/C22H25F3N4O3/c23-22(24,25)18-13-26-20(27-14-18)29-9-7-28(8-10-29)19(30)12-21(6-11-32-21)16-31-15-17-4-2-1-3-5-17/h1-5,13-14H,6-12,15-16H2. The molecule has 2 aromatic rings. The summed E-state index contributed by atoms with van der Waals surface area (Å²) in [6.07, 6.45) is -1.88. The summed E-state index contributed by atoms with van der Waals surface area (Å²) in [6, 6.07) is 9.82. The van der Waals surface area contributed by atoms with Gasteiger partial charge < -0.3 is 19.3 Å². The number of carbonyl (C=O) groups excluding carboxylic acids is 1. The van der Waals surface area contributed by atoms with Crippen molar-refractivity contribution in [3.63, 3.8) is 0 Å². The molecule has 2 aliphatic heterocycles. The lowest BCUT2D eigenvalue weighted by Gasteiger charge is -2.43. The molecule has 0 spiro atoms. The number of rotatable bonds is 7. The molecule has 1 amide bonds. The van der Waals surface area contributed by atoms with Gasteiger partial charge in [-0.1, -0.05) is 30.3 Å². The Morgan fingerprint density at radius 3 is 2.31 bits per heavy atom. The van der Waals surface area contributed by atoms with E-state index in [-0.39, 0.29) is 18.3 Å². The summed E-state index contributed by atoms with van der Waals surface area (Å²) in [6.45, 7) is 3.24. The lowest BCUT2D eigenvalue weighted by Crippen LogP contribution is -2.54. The van der Waals surface area contributed by atoms with Gasteiger partial charge in [-0.05, 0) is 5.56 Å². The molecule has 0 bridgehead atoms. The molecular weight excluding hydrogens is 425 g/mol. The van der Waals surface area contributed by atoms with E-state index in [2.05, 4.69) is 9.97 Å². The number of carbonyl (C=O) groups is 1. The lowest BCUT2D eigenvalue weighted by molar-refractivity contribution is -0.192. The van der Waals surface area contributed by atoms with E-state index >= 15 is 0 Å². The second kappa shape index (κ2) is 9.41. The van der Waals surface area contributed by atoms with Crippen LogP contribution in [0.5, 0.6) is 0 Å². The Labute approximate surface area is 184 Å². The van der Waals surface area contributed by atoms with Gasteiger partial charge in [-0.2, -0.15) is 13.2 Å². The van der Waals surface area contributed by atoms with E-state index in [4.69, 9.17) is 9.47 Å². The van der Waals surface area contributed by atoms with E-state index in [9.17, 15) is 18.0 Å². The van der Waals surface area contributed by atoms with Crippen LogP contribution in [0, 0.1) is 0 Å². The number of amides is 1. The summed E-state index contributed by atoms with van der Waals surface area (Å²) in [5.41, 5.74) is -0.398. The maximum absolute atomic E-state index is 12.9. The number of alkyl halides is 3. The average Bonchev–Trinajstić information content (AvgIpc) is 2.77. The zero-order valence-electron chi connectivity index (χ0n) is 17.6. The summed E-state index contributed by atoms with van der Waals surface area (Å²) in [4.78, 5) is 24.1. The smallest absolute Gasteiger partial charge is 0.374 e. The molecule has 1 atom stereocenters. The summed E-state index contributed by atoms with van der Waals surface area (Å²) >= 11 is 0. The van der Waals surface area contributed by atoms with Gasteiger partial charge in [0, 0.05) is 45.0 Å². The monoisotopic (exact) mass is 450 g/mol. The van der Waals surface area contributed by atoms with Crippen molar-refractivity contribution in [3.8, 4) is 0 Å². The molecule has 7 nitrogen and oxygen atoms in total. The van der Waals surface area contributed by atoms with E-state index in [0.29, 0.717) is 46.0 Å². The van der Waals surface area contributed by atoms with Crippen molar-refractivity contribution in [2.24, 2.45) is 0 Å². The Bertz CT molecular complexity index is 897. The molecule has 0 radical (unpaired) electrons. The van der Waals surface area contributed by atoms with Crippen molar-refractivity contribution in [1.82, 2.24) is 14.9 Å². The zero-order valence-corrected chi connectivity index (χ0v) is 17.6. The molecule has 1 aromatic heterocycles. The molecule has 4 rings (SSSR count). The molecule has 1 unspecified atom stereocenters. The van der Waals surface area contributed by atoms with Gasteiger partial charge in [-0.3, -0.25) is 4.79 Å². The van der Waals surface area contributed by atoms with E-state index in [1.807, 2.05) is 30.3 Å². The first-order valence-electron chi connectivity index (χ1n) is 10.5. The summed E-state index contributed by atoms with van der Waals surface area (Å²) in [7, 11) is 0. The third-order valence-corrected chi connectivity index (χ3v) is 5.80. The van der Waals surface area contributed by atoms with Crippen LogP contribution in [0.25, 0.3) is 0 Å². The highest BCUT2D eigenvalue weighted by Gasteiger charge is 2.42. The fraction of sp³-hybridized carbons (Fsp3) is 0.500. The van der Waals surface area contributed by atoms with E-state index < -0.39 is 17.3 Å². The molecule has 1 aromatic carbocycles. The van der Waals surface area contributed by atoms with Crippen LogP contribution in [0.3, 0.4) is 0 Å². The topological polar surface area (TPSA) is 67.8 Å². The third-order valence-electron chi connectivity index (χ3n) is 5.80. The van der Waals surface area contributed by atoms with Crippen molar-refractivity contribution >= 4 is 11.9 Å². The Morgan fingerprint density at radius 1 is 1.09 bits per heavy atom. The van der Waals surface area contributed by atoms with E-state index in [1.54, 1.807) is 9.80 Å². The molecule has 2 saturated heterocycles. The fourth-order valence-corrected chi connectivity index (χ4v) is 3.80. The van der Waals surface area contributed by atoms with E-state index in [1.165, 1.54) is 0 Å². The second-order valence-electron chi connectivity index (χ2n) is 8.07. The minimum Gasteiger partial charge on any atom is -0.374 e. The van der Waals surface area contributed by atoms with Gasteiger partial charge in [-0.25, -0.2) is 9.97 Å². The lowest BCUT2D eigenvalue weighted by atomic mass is 9.91. The molecule has 0 aliphatic carbocycles. The molecule has 172 valence electrons. The number of hydrogen-bond acceptors (Lipinski definition) is 6. The molecule has 0 saturated carbocycles. The van der Waals surface area contributed by atoms with Crippen LogP contribution in [0.2, 0.25) is 0 Å². The number of ether oxygens (including phenoxy) is 2. The first-order valence-corrected chi connectivity index (χ1v) is 10.5. The molecule has 2 fully saturated rings. The number of halogens is 3. The first kappa shape index (κ1) is 22.5. The number of nitrogens with zero attached hydrogens (tertiary/aromatic N) is 4. The largest absolute Gasteiger partial charge is 0.419 e. The molecule has 2 aliphatic rings. The van der Waals surface area contributed by atoms with Gasteiger partial charge >= 0.3 is 6.18 Å². The van der Waals surface area contributed by atoms with Gasteiger partial charge in [-0.15, -0.1) is 0 Å². The van der Waals surface area contributed by atoms with Crippen molar-refractivity contribution < 1.29 is 27.4 Å². The summed E-state index contributed by atoms with van der Waals surface area (Å²) in [5, 5.41) is 0. The Morgan fingerprint density at radius 2 is 1.75 bits per heavy atom. The van der Waals surface area contributed by atoms with Crippen LogP contribution in [0.15, 0.2) is 42.7 Å². The quantitative estimate of drug-likeness (QED) is 0.646. The van der Waals surface area contributed by atoms with Gasteiger partial charge in [0.1, 0.15) is 5.60 Å². The molecule has 32 heavy (non-hydrogen) atoms. The normalized spacial score (nSPS) is 21.3. The Kier molecular flexibility index (Phi) is 6.61. The van der Waals surface area contributed by atoms with Crippen LogP contribution in [0.1, 0.15) is 24.0 Å². The van der Waals surface area contributed by atoms with Gasteiger partial charge in [0.2, 0.25) is 11.9 Å². The Balaban J connectivity index is 1.25. The highest BCUT2D eigenvalue weighted by atomic mass is 19.4. The maximum atomic E-state index is 12.9. The predicted octanol–water partition coefficient (Wildman–Crippen LogP) is 2.91. The SMILES string of the molecule is O=C(CC1(COCc2ccccc2)CCO1)N1CCN(c2ncc(C(F)(F)F)cn2)CC1. The highest BCUT2D eigenvalue weighted by Crippen LogP contribution is 2.32. The Hall–Kier alpha value is -2.72. The summed E-state index contributed by atoms with van der Waals surface area (Å²) in [5.74, 6) is 0.221. The van der Waals surface area contributed by atoms with Crippen molar-refractivity contribution in [3.05, 3.63) is 53.9 Å². The maximum Gasteiger partial charge on any atom is 0.419 e. The van der Waals surface area contributed by atoms with Gasteiger partial charge in [0.05, 0.1) is 31.8 Å². The van der Waals surface area contributed by atoms with Crippen LogP contribution < -0.4 is 4.90 Å². The van der Waals surface area contributed by atoms with Gasteiger partial charge in [0.15, 0.2) is 0 Å². The van der Waals surface area contributed by atoms with Crippen molar-refractivity contribution in [2.45, 2.75) is 31.2 Å². The minimum absolute atomic E-state index is 0.0130. The van der Waals surface area contributed by atoms with Crippen LogP contribution in [-0.2, 0) is 27.1 Å². The number of hydrogen-bond donors (Lipinski definition) is 0. The molecular formula is C22H25F3N4O3. The number of aromatic nitrogens is 2. The predicted molar refractivity (Wildman–Crippen MR) is 110 cm³/mol. The first-order chi connectivity index (χ1) is 15.3. The summed E-state index contributed by atoms with van der Waals surface area (Å²) < 4.78 is 49.6. The molecule has 3 heterocycles. The molecule has 10 heteroatoms. The average molecular weight is 450 g/mol. The van der Waals surface area contributed by atoms with Crippen LogP contribution >= 0.6 is 0 Å². The number of benzene rings is 1. The third kappa shape index (κ3) is 5.36. The van der Waals surface area contributed by atoms with Crippen molar-refractivity contribution in [1.29, 1.82) is 0 Å². The number of anilines is 1. The van der Waals surface area contributed by atoms with Crippen LogP contribution in [0.4, 0.5) is 19.1 Å². The number of piperazine rings is 1. The van der Waals surface area contributed by atoms with Crippen LogP contribution in [-0.4, -0.2) is 65.8 Å². The zero-order chi connectivity index (χ0) is 22.6. The highest BCUT2D eigenvalue weighted by molar-refractivity contribution is 5.77. The molecule has 0 N–H and O–H groups in total. The van der Waals surface area contributed by atoms with Gasteiger partial charge in [0.25, 0.3) is 0 Å². The second-order valence-corrected chi connectivity index (χ2v) is 8.07. The minimum atomic E-state index is -4.46. The fourth-order valence-electron chi connectivity index (χ4n) is 3.80. The van der Waals surface area contributed by atoms with Crippen molar-refractivity contribution in [2.75, 3.05) is 44.3 Å². The van der Waals surface area contributed by atoms with E-state index in [0.717, 1.165) is 24.4 Å².